The van der Waals surface area contributed by atoms with Gasteiger partial charge in [-0.2, -0.15) is 0 Å². The Bertz CT molecular complexity index is 275. The van der Waals surface area contributed by atoms with Crippen LogP contribution < -0.4 is 4.72 Å². The quantitative estimate of drug-likeness (QED) is 0.548. The molecule has 17 heavy (non-hydrogen) atoms. The lowest BCUT2D eigenvalue weighted by molar-refractivity contribution is 0.548. The van der Waals surface area contributed by atoms with Crippen molar-refractivity contribution in [2.75, 3.05) is 12.3 Å². The smallest absolute Gasteiger partial charge is 0.214 e. The molecule has 0 aromatic heterocycles. The summed E-state index contributed by atoms with van der Waals surface area (Å²) in [5, 5.41) is 0. The van der Waals surface area contributed by atoms with Crippen molar-refractivity contribution < 1.29 is 13.2 Å². The molecular formula is C12H24NO3S. The third-order valence-corrected chi connectivity index (χ3v) is 4.04. The van der Waals surface area contributed by atoms with E-state index in [9.17, 15) is 13.2 Å². The molecule has 0 saturated carbocycles. The van der Waals surface area contributed by atoms with Gasteiger partial charge in [-0.3, -0.25) is 4.79 Å². The van der Waals surface area contributed by atoms with Gasteiger partial charge in [0.1, 0.15) is 0 Å². The van der Waals surface area contributed by atoms with Gasteiger partial charge < -0.3 is 0 Å². The molecule has 0 aliphatic carbocycles. The Hall–Kier alpha value is -0.420. The van der Waals surface area contributed by atoms with Crippen molar-refractivity contribution in [3.8, 4) is 0 Å². The Morgan fingerprint density at radius 1 is 0.941 bits per heavy atom. The minimum atomic E-state index is -3.26. The zero-order chi connectivity index (χ0) is 13.0. The maximum Gasteiger partial charge on any atom is 0.214 e. The van der Waals surface area contributed by atoms with Crippen molar-refractivity contribution in [3.05, 3.63) is 0 Å². The number of unbranched alkanes of at least 4 members (excludes halogenated alkanes) is 7. The van der Waals surface area contributed by atoms with E-state index in [4.69, 9.17) is 0 Å². The van der Waals surface area contributed by atoms with Gasteiger partial charge in [-0.25, -0.2) is 13.1 Å². The van der Waals surface area contributed by atoms with Gasteiger partial charge >= 0.3 is 0 Å². The Labute approximate surface area is 105 Å². The Balaban J connectivity index is 3.35. The molecule has 0 rings (SSSR count). The van der Waals surface area contributed by atoms with Gasteiger partial charge in [0.25, 0.3) is 0 Å². The molecular weight excluding hydrogens is 238 g/mol. The Kier molecular flexibility index (Phi) is 10.5. The summed E-state index contributed by atoms with van der Waals surface area (Å²) in [6.45, 7) is 1.95. The lowest BCUT2D eigenvalue weighted by Crippen LogP contribution is -2.27. The zero-order valence-corrected chi connectivity index (χ0v) is 11.5. The molecule has 0 aromatic carbocycles. The molecule has 5 heteroatoms. The second kappa shape index (κ2) is 10.7. The van der Waals surface area contributed by atoms with Gasteiger partial charge in [0, 0.05) is 0 Å². The van der Waals surface area contributed by atoms with Crippen LogP contribution >= 0.6 is 0 Å². The van der Waals surface area contributed by atoms with E-state index in [-0.39, 0.29) is 12.3 Å². The van der Waals surface area contributed by atoms with Crippen LogP contribution in [0.15, 0.2) is 0 Å². The average Bonchev–Trinajstić information content (AvgIpc) is 2.30. The molecule has 0 atom stereocenters. The van der Waals surface area contributed by atoms with Crippen molar-refractivity contribution in [2.45, 2.75) is 58.3 Å². The fraction of sp³-hybridized carbons (Fsp3) is 0.917. The highest BCUT2D eigenvalue weighted by molar-refractivity contribution is 7.89. The van der Waals surface area contributed by atoms with Gasteiger partial charge in [0.15, 0.2) is 0 Å². The van der Waals surface area contributed by atoms with E-state index in [2.05, 4.69) is 11.6 Å². The van der Waals surface area contributed by atoms with Crippen molar-refractivity contribution in [1.82, 2.24) is 4.72 Å². The first kappa shape index (κ1) is 16.6. The molecule has 101 valence electrons. The molecule has 1 radical (unpaired) electrons. The maximum atomic E-state index is 11.3. The molecule has 0 saturated heterocycles. The van der Waals surface area contributed by atoms with Crippen LogP contribution in [0.1, 0.15) is 58.3 Å². The monoisotopic (exact) mass is 262 g/mol. The van der Waals surface area contributed by atoms with Crippen LogP contribution in [0.3, 0.4) is 0 Å². The van der Waals surface area contributed by atoms with Crippen molar-refractivity contribution in [2.24, 2.45) is 0 Å². The summed E-state index contributed by atoms with van der Waals surface area (Å²) in [4.78, 5) is 9.90. The summed E-state index contributed by atoms with van der Waals surface area (Å²) < 4.78 is 24.7. The average molecular weight is 262 g/mol. The summed E-state index contributed by atoms with van der Waals surface area (Å²) in [5.41, 5.74) is 0. The number of hydrogen-bond acceptors (Lipinski definition) is 3. The molecule has 0 bridgehead atoms. The van der Waals surface area contributed by atoms with Gasteiger partial charge in [0.05, 0.1) is 12.3 Å². The fourth-order valence-electron chi connectivity index (χ4n) is 1.64. The number of nitrogens with one attached hydrogen (secondary N) is 1. The predicted molar refractivity (Wildman–Crippen MR) is 70.1 cm³/mol. The van der Waals surface area contributed by atoms with Gasteiger partial charge in [-0.05, 0) is 6.42 Å². The number of carbonyl (C=O) groups excluding carboxylic acids is 1. The maximum absolute atomic E-state index is 11.3. The fourth-order valence-corrected chi connectivity index (χ4v) is 2.64. The van der Waals surface area contributed by atoms with E-state index < -0.39 is 10.0 Å². The lowest BCUT2D eigenvalue weighted by atomic mass is 10.1. The van der Waals surface area contributed by atoms with E-state index in [1.165, 1.54) is 38.4 Å². The lowest BCUT2D eigenvalue weighted by Gasteiger charge is -2.03. The minimum Gasteiger partial charge on any atom is -0.289 e. The van der Waals surface area contributed by atoms with Crippen LogP contribution in [0, 0.1) is 0 Å². The Morgan fingerprint density at radius 3 is 2.00 bits per heavy atom. The highest BCUT2D eigenvalue weighted by atomic mass is 32.2. The van der Waals surface area contributed by atoms with Crippen LogP contribution in [0.4, 0.5) is 0 Å². The first-order chi connectivity index (χ1) is 8.12. The topological polar surface area (TPSA) is 63.2 Å². The highest BCUT2D eigenvalue weighted by Crippen LogP contribution is 2.08. The second-order valence-corrected chi connectivity index (χ2v) is 6.19. The SMILES string of the molecule is CCCCCCCCCCS(=O)(=O)NC[C]=O. The predicted octanol–water partition coefficient (Wildman–Crippen LogP) is 2.16. The largest absolute Gasteiger partial charge is 0.289 e. The second-order valence-electron chi connectivity index (χ2n) is 4.26. The molecule has 0 spiro atoms. The van der Waals surface area contributed by atoms with E-state index in [0.29, 0.717) is 6.42 Å². The molecule has 1 N–H and O–H groups in total. The van der Waals surface area contributed by atoms with Gasteiger partial charge in [-0.15, -0.1) is 0 Å². The first-order valence-corrected chi connectivity index (χ1v) is 8.10. The number of rotatable bonds is 12. The highest BCUT2D eigenvalue weighted by Gasteiger charge is 2.08. The van der Waals surface area contributed by atoms with E-state index in [1.807, 2.05) is 0 Å². The third-order valence-electron chi connectivity index (χ3n) is 2.63. The van der Waals surface area contributed by atoms with Crippen LogP contribution in [0.5, 0.6) is 0 Å². The van der Waals surface area contributed by atoms with Gasteiger partial charge in [-0.1, -0.05) is 51.9 Å². The summed E-state index contributed by atoms with van der Waals surface area (Å²) in [7, 11) is -3.26. The Morgan fingerprint density at radius 2 is 1.47 bits per heavy atom. The molecule has 0 fully saturated rings. The van der Waals surface area contributed by atoms with E-state index in [1.54, 1.807) is 0 Å². The van der Waals surface area contributed by atoms with Crippen LogP contribution in [0.2, 0.25) is 0 Å². The van der Waals surface area contributed by atoms with E-state index in [0.717, 1.165) is 12.8 Å². The summed E-state index contributed by atoms with van der Waals surface area (Å²) >= 11 is 0. The molecule has 0 heterocycles. The van der Waals surface area contributed by atoms with Crippen molar-refractivity contribution in [1.29, 1.82) is 0 Å². The normalized spacial score (nSPS) is 11.6. The molecule has 0 aliphatic heterocycles. The zero-order valence-electron chi connectivity index (χ0n) is 10.7. The minimum absolute atomic E-state index is 0.115. The van der Waals surface area contributed by atoms with Gasteiger partial charge in [0.2, 0.25) is 16.3 Å². The van der Waals surface area contributed by atoms with Crippen molar-refractivity contribution >= 4 is 16.3 Å². The molecule has 0 amide bonds. The standard InChI is InChI=1S/C12H24NO3S/c1-2-3-4-5-6-7-8-9-12-17(15,16)13-10-11-14/h13H,2-10,12H2,1H3. The third kappa shape index (κ3) is 11.8. The van der Waals surface area contributed by atoms with Crippen molar-refractivity contribution in [3.63, 3.8) is 0 Å². The first-order valence-electron chi connectivity index (χ1n) is 6.44. The number of hydrogen-bond donors (Lipinski definition) is 1. The molecule has 0 aromatic rings. The summed E-state index contributed by atoms with van der Waals surface area (Å²) in [6, 6.07) is 0. The number of sulfonamides is 1. The molecule has 0 unspecified atom stereocenters. The summed E-state index contributed by atoms with van der Waals surface area (Å²) in [5.74, 6) is 0.115. The molecule has 0 aliphatic rings. The summed E-state index contributed by atoms with van der Waals surface area (Å²) in [6.07, 6.45) is 10.5. The van der Waals surface area contributed by atoms with Crippen LogP contribution in [-0.4, -0.2) is 27.0 Å². The van der Waals surface area contributed by atoms with Crippen LogP contribution in [0.25, 0.3) is 0 Å². The van der Waals surface area contributed by atoms with Crippen LogP contribution in [-0.2, 0) is 14.8 Å². The van der Waals surface area contributed by atoms with E-state index >= 15 is 0 Å². The molecule has 4 nitrogen and oxygen atoms in total.